The van der Waals surface area contributed by atoms with Crippen molar-refractivity contribution in [3.8, 4) is 0 Å². The second-order valence-electron chi connectivity index (χ2n) is 5.67. The summed E-state index contributed by atoms with van der Waals surface area (Å²) in [5, 5.41) is 0.614. The molecule has 1 nitrogen and oxygen atoms in total. The average molecular weight is 229 g/mol. The van der Waals surface area contributed by atoms with Crippen molar-refractivity contribution in [2.75, 3.05) is 19.6 Å². The van der Waals surface area contributed by atoms with Crippen molar-refractivity contribution in [3.63, 3.8) is 0 Å². The van der Waals surface area contributed by atoms with Crippen LogP contribution in [0.25, 0.3) is 0 Å². The third kappa shape index (κ3) is 6.36. The Labute approximate surface area is 98.9 Å². The van der Waals surface area contributed by atoms with E-state index in [4.69, 9.17) is 0 Å². The molecule has 0 aromatic carbocycles. The van der Waals surface area contributed by atoms with Crippen LogP contribution in [0.2, 0.25) is 17.1 Å². The molecular formula is C13H31NSi. The topological polar surface area (TPSA) is 3.24 Å². The summed E-state index contributed by atoms with van der Waals surface area (Å²) in [5.41, 5.74) is 0. The van der Waals surface area contributed by atoms with Gasteiger partial charge in [-0.2, -0.15) is 0 Å². The number of hydrogen-bond donors (Lipinski definition) is 0. The Bertz CT molecular complexity index is 147. The van der Waals surface area contributed by atoms with Crippen molar-refractivity contribution in [2.45, 2.75) is 65.1 Å². The van der Waals surface area contributed by atoms with Gasteiger partial charge in [0.2, 0.25) is 0 Å². The second kappa shape index (κ2) is 7.45. The molecule has 0 radical (unpaired) electrons. The van der Waals surface area contributed by atoms with E-state index in [1.807, 2.05) is 0 Å². The predicted molar refractivity (Wildman–Crippen MR) is 74.6 cm³/mol. The summed E-state index contributed by atoms with van der Waals surface area (Å²) in [6.45, 7) is 18.0. The molecule has 0 aromatic rings. The van der Waals surface area contributed by atoms with Gasteiger partial charge >= 0.3 is 0 Å². The van der Waals surface area contributed by atoms with Gasteiger partial charge in [-0.25, -0.2) is 0 Å². The van der Waals surface area contributed by atoms with Gasteiger partial charge in [-0.3, -0.25) is 0 Å². The largest absolute Gasteiger partial charge is 0.304 e. The smallest absolute Gasteiger partial charge is 0.0435 e. The van der Waals surface area contributed by atoms with Crippen LogP contribution in [0.5, 0.6) is 0 Å². The minimum atomic E-state index is -0.548. The number of nitrogens with zero attached hydrogens (tertiary/aromatic N) is 1. The molecule has 92 valence electrons. The molecule has 0 saturated carbocycles. The maximum absolute atomic E-state index is 2.57. The van der Waals surface area contributed by atoms with Crippen LogP contribution in [0.1, 0.15) is 48.0 Å². The molecule has 0 bridgehead atoms. The van der Waals surface area contributed by atoms with Crippen LogP contribution in [-0.4, -0.2) is 33.3 Å². The highest BCUT2D eigenvalue weighted by Crippen LogP contribution is 2.32. The first-order chi connectivity index (χ1) is 6.95. The molecule has 0 aromatic heterocycles. The predicted octanol–water partition coefficient (Wildman–Crippen LogP) is 3.77. The van der Waals surface area contributed by atoms with Gasteiger partial charge in [-0.05, 0) is 30.7 Å². The number of rotatable bonds is 7. The van der Waals surface area contributed by atoms with Gasteiger partial charge in [0.15, 0.2) is 0 Å². The summed E-state index contributed by atoms with van der Waals surface area (Å²) in [4.78, 5) is 2.57. The minimum Gasteiger partial charge on any atom is -0.304 e. The first kappa shape index (κ1) is 15.2. The van der Waals surface area contributed by atoms with Crippen LogP contribution >= 0.6 is 0 Å². The van der Waals surface area contributed by atoms with Gasteiger partial charge < -0.3 is 4.90 Å². The molecule has 15 heavy (non-hydrogen) atoms. The Balaban J connectivity index is 4.06. The quantitative estimate of drug-likeness (QED) is 0.601. The van der Waals surface area contributed by atoms with E-state index in [1.165, 1.54) is 38.1 Å². The van der Waals surface area contributed by atoms with Crippen molar-refractivity contribution in [1.82, 2.24) is 4.90 Å². The van der Waals surface area contributed by atoms with Crippen molar-refractivity contribution >= 4 is 8.80 Å². The maximum Gasteiger partial charge on any atom is 0.0435 e. The van der Waals surface area contributed by atoms with E-state index in [2.05, 4.69) is 46.4 Å². The Morgan fingerprint density at radius 3 is 1.80 bits per heavy atom. The van der Waals surface area contributed by atoms with Gasteiger partial charge in [0.05, 0.1) is 0 Å². The molecule has 1 unspecified atom stereocenters. The maximum atomic E-state index is 2.57. The molecule has 1 atom stereocenters. The highest BCUT2D eigenvalue weighted by molar-refractivity contribution is 6.62. The van der Waals surface area contributed by atoms with Gasteiger partial charge in [0, 0.05) is 8.80 Å². The fourth-order valence-corrected chi connectivity index (χ4v) is 5.63. The summed E-state index contributed by atoms with van der Waals surface area (Å²) in [7, 11) is -0.548. The Morgan fingerprint density at radius 2 is 1.47 bits per heavy atom. The summed E-state index contributed by atoms with van der Waals surface area (Å²) in [6.07, 6.45) is 1.38. The first-order valence-electron chi connectivity index (χ1n) is 6.68. The van der Waals surface area contributed by atoms with E-state index in [0.29, 0.717) is 5.04 Å². The fraction of sp³-hybridized carbons (Fsp3) is 1.00. The molecule has 0 aliphatic heterocycles. The summed E-state index contributed by atoms with van der Waals surface area (Å²) < 4.78 is 0. The summed E-state index contributed by atoms with van der Waals surface area (Å²) in [6, 6.07) is 3.02. The van der Waals surface area contributed by atoms with Crippen LogP contribution < -0.4 is 0 Å². The molecule has 0 heterocycles. The molecule has 0 saturated heterocycles. The van der Waals surface area contributed by atoms with Crippen LogP contribution in [0.15, 0.2) is 0 Å². The van der Waals surface area contributed by atoms with Crippen molar-refractivity contribution in [3.05, 3.63) is 0 Å². The van der Waals surface area contributed by atoms with Crippen LogP contribution in [0, 0.1) is 0 Å². The van der Waals surface area contributed by atoms with E-state index in [-0.39, 0.29) is 0 Å². The zero-order valence-corrected chi connectivity index (χ0v) is 12.9. The highest BCUT2D eigenvalue weighted by atomic mass is 28.3. The lowest BCUT2D eigenvalue weighted by atomic mass is 10.2. The second-order valence-corrected chi connectivity index (χ2v) is 9.95. The van der Waals surface area contributed by atoms with Gasteiger partial charge in [0.25, 0.3) is 0 Å². The molecule has 0 amide bonds. The van der Waals surface area contributed by atoms with Crippen LogP contribution in [0.3, 0.4) is 0 Å². The molecule has 0 aliphatic rings. The van der Waals surface area contributed by atoms with Gasteiger partial charge in [-0.15, -0.1) is 0 Å². The lowest BCUT2D eigenvalue weighted by Crippen LogP contribution is -2.32. The van der Waals surface area contributed by atoms with Crippen molar-refractivity contribution < 1.29 is 0 Å². The summed E-state index contributed by atoms with van der Waals surface area (Å²) in [5.74, 6) is 0. The average Bonchev–Trinajstić information content (AvgIpc) is 2.16. The van der Waals surface area contributed by atoms with Crippen LogP contribution in [-0.2, 0) is 0 Å². The molecule has 0 rings (SSSR count). The monoisotopic (exact) mass is 229 g/mol. The normalized spacial score (nSPS) is 14.6. The van der Waals surface area contributed by atoms with Crippen molar-refractivity contribution in [2.24, 2.45) is 0 Å². The summed E-state index contributed by atoms with van der Waals surface area (Å²) >= 11 is 0. The lowest BCUT2D eigenvalue weighted by molar-refractivity contribution is 0.319. The van der Waals surface area contributed by atoms with E-state index < -0.39 is 8.80 Å². The highest BCUT2D eigenvalue weighted by Gasteiger charge is 2.25. The fourth-order valence-electron chi connectivity index (χ4n) is 2.24. The molecule has 0 aliphatic carbocycles. The third-order valence-electron chi connectivity index (χ3n) is 3.55. The SMILES string of the molecule is CCC[SiH](CCN(CC)CC)C(C)(C)C. The Morgan fingerprint density at radius 1 is 0.933 bits per heavy atom. The van der Waals surface area contributed by atoms with Crippen LogP contribution in [0.4, 0.5) is 0 Å². The zero-order valence-electron chi connectivity index (χ0n) is 11.8. The third-order valence-corrected chi connectivity index (χ3v) is 8.23. The van der Waals surface area contributed by atoms with E-state index in [9.17, 15) is 0 Å². The molecule has 0 fully saturated rings. The molecular weight excluding hydrogens is 198 g/mol. The van der Waals surface area contributed by atoms with E-state index in [1.54, 1.807) is 0 Å². The van der Waals surface area contributed by atoms with E-state index in [0.717, 1.165) is 0 Å². The molecule has 2 heteroatoms. The van der Waals surface area contributed by atoms with Gasteiger partial charge in [-0.1, -0.05) is 54.0 Å². The Hall–Kier alpha value is 0.177. The standard InChI is InChI=1S/C13H31NSi/c1-7-11-15(13(4,5)6)12-10-14(8-2)9-3/h15H,7-12H2,1-6H3. The lowest BCUT2D eigenvalue weighted by Gasteiger charge is -2.31. The minimum absolute atomic E-state index is 0.548. The number of hydrogen-bond acceptors (Lipinski definition) is 1. The molecule has 0 spiro atoms. The van der Waals surface area contributed by atoms with Gasteiger partial charge in [0.1, 0.15) is 0 Å². The van der Waals surface area contributed by atoms with Crippen molar-refractivity contribution in [1.29, 1.82) is 0 Å². The first-order valence-corrected chi connectivity index (χ1v) is 8.89. The zero-order chi connectivity index (χ0) is 11.9. The van der Waals surface area contributed by atoms with E-state index >= 15 is 0 Å². The molecule has 0 N–H and O–H groups in total. The Kier molecular flexibility index (Phi) is 7.54.